The molecule has 0 radical (unpaired) electrons. The second-order valence-electron chi connectivity index (χ2n) is 10.3. The number of hydrogen-bond donors (Lipinski definition) is 1. The maximum absolute atomic E-state index is 13.0. The zero-order chi connectivity index (χ0) is 22.9. The number of aliphatic hydroxyl groups is 1. The summed E-state index contributed by atoms with van der Waals surface area (Å²) in [6.45, 7) is 12.3. The monoisotopic (exact) mass is 414 g/mol. The fourth-order valence-corrected chi connectivity index (χ4v) is 4.00. The molecule has 0 spiro atoms. The molecule has 0 bridgehead atoms. The highest BCUT2D eigenvalue weighted by atomic mass is 16.3. The van der Waals surface area contributed by atoms with Crippen molar-refractivity contribution in [3.63, 3.8) is 0 Å². The van der Waals surface area contributed by atoms with Gasteiger partial charge in [0.05, 0.1) is 11.1 Å². The Hall–Kier alpha value is -3.27. The van der Waals surface area contributed by atoms with Gasteiger partial charge in [-0.15, -0.1) is 0 Å². The topological polar surface area (TPSA) is 71.4 Å². The Labute approximate surface area is 182 Å². The first kappa shape index (κ1) is 21.0. The zero-order valence-corrected chi connectivity index (χ0v) is 18.7. The molecule has 0 saturated heterocycles. The molecule has 0 atom stereocenters. The third-order valence-corrected chi connectivity index (χ3v) is 6.04. The maximum Gasteiger partial charge on any atom is 0.197 e. The van der Waals surface area contributed by atoms with Crippen LogP contribution in [0.4, 0.5) is 0 Å². The van der Waals surface area contributed by atoms with Gasteiger partial charge in [-0.25, -0.2) is 0 Å². The van der Waals surface area contributed by atoms with E-state index in [1.165, 1.54) is 6.08 Å². The molecule has 158 valence electrons. The summed E-state index contributed by atoms with van der Waals surface area (Å²) in [7, 11) is 0. The predicted molar refractivity (Wildman–Crippen MR) is 121 cm³/mol. The Bertz CT molecular complexity index is 1240. The van der Waals surface area contributed by atoms with Crippen LogP contribution in [0, 0.1) is 0 Å². The number of Topliss-reactive ketones (excluding diaryl/α,β-unsaturated/α-hetero) is 3. The van der Waals surface area contributed by atoms with Crippen LogP contribution in [0.5, 0.6) is 0 Å². The van der Waals surface area contributed by atoms with Crippen LogP contribution in [0.15, 0.2) is 53.6 Å². The van der Waals surface area contributed by atoms with Gasteiger partial charge in [-0.3, -0.25) is 14.4 Å². The lowest BCUT2D eigenvalue weighted by Crippen LogP contribution is -2.12. The molecule has 0 amide bonds. The van der Waals surface area contributed by atoms with Crippen molar-refractivity contribution in [3.05, 3.63) is 87.0 Å². The van der Waals surface area contributed by atoms with E-state index in [0.29, 0.717) is 22.3 Å². The standard InChI is InChI=1S/C27H26O4/c1-26(2,3)14-7-9-16-18(11-14)24(30)20(22(16)28)13-21-23(29)17-10-8-15(27(4,5)6)12-19(17)25(21)31/h7-13,30H,1-6H3/b21-13+. The van der Waals surface area contributed by atoms with Gasteiger partial charge in [0.2, 0.25) is 0 Å². The third-order valence-electron chi connectivity index (χ3n) is 6.04. The van der Waals surface area contributed by atoms with Crippen LogP contribution in [-0.4, -0.2) is 22.5 Å². The minimum Gasteiger partial charge on any atom is -0.507 e. The molecule has 2 aromatic rings. The molecule has 4 rings (SSSR count). The summed E-state index contributed by atoms with van der Waals surface area (Å²) in [4.78, 5) is 38.9. The molecule has 31 heavy (non-hydrogen) atoms. The van der Waals surface area contributed by atoms with Gasteiger partial charge in [-0.05, 0) is 52.3 Å². The van der Waals surface area contributed by atoms with E-state index in [1.54, 1.807) is 24.3 Å². The average Bonchev–Trinajstić information content (AvgIpc) is 3.07. The molecular weight excluding hydrogens is 388 g/mol. The Morgan fingerprint density at radius 1 is 0.645 bits per heavy atom. The minimum absolute atomic E-state index is 0.0124. The van der Waals surface area contributed by atoms with Crippen molar-refractivity contribution < 1.29 is 19.5 Å². The highest BCUT2D eigenvalue weighted by molar-refractivity contribution is 6.40. The van der Waals surface area contributed by atoms with Gasteiger partial charge in [0.25, 0.3) is 0 Å². The Balaban J connectivity index is 1.79. The van der Waals surface area contributed by atoms with Gasteiger partial charge in [-0.1, -0.05) is 53.7 Å². The Kier molecular flexibility index (Phi) is 4.48. The number of hydrogen-bond acceptors (Lipinski definition) is 4. The van der Waals surface area contributed by atoms with E-state index in [4.69, 9.17) is 0 Å². The highest BCUT2D eigenvalue weighted by Crippen LogP contribution is 2.37. The Morgan fingerprint density at radius 3 is 1.61 bits per heavy atom. The van der Waals surface area contributed by atoms with E-state index in [1.807, 2.05) is 53.7 Å². The molecule has 0 heterocycles. The first-order valence-electron chi connectivity index (χ1n) is 10.4. The van der Waals surface area contributed by atoms with Gasteiger partial charge in [-0.2, -0.15) is 0 Å². The molecule has 4 heteroatoms. The van der Waals surface area contributed by atoms with Gasteiger partial charge < -0.3 is 5.11 Å². The molecule has 1 N–H and O–H groups in total. The molecule has 2 aliphatic rings. The first-order chi connectivity index (χ1) is 14.3. The zero-order valence-electron chi connectivity index (χ0n) is 18.7. The molecule has 2 aromatic carbocycles. The molecule has 0 fully saturated rings. The van der Waals surface area contributed by atoms with E-state index in [-0.39, 0.29) is 33.5 Å². The van der Waals surface area contributed by atoms with E-state index < -0.39 is 11.6 Å². The van der Waals surface area contributed by atoms with Crippen LogP contribution in [0.25, 0.3) is 5.76 Å². The van der Waals surface area contributed by atoms with E-state index in [2.05, 4.69) is 0 Å². The summed E-state index contributed by atoms with van der Waals surface area (Å²) in [6.07, 6.45) is 1.26. The van der Waals surface area contributed by atoms with Crippen molar-refractivity contribution in [1.29, 1.82) is 0 Å². The summed E-state index contributed by atoms with van der Waals surface area (Å²) in [5.74, 6) is -1.40. The van der Waals surface area contributed by atoms with Gasteiger partial charge in [0, 0.05) is 22.3 Å². The van der Waals surface area contributed by atoms with E-state index in [0.717, 1.165) is 11.1 Å². The number of aliphatic hydroxyl groups excluding tert-OH is 1. The van der Waals surface area contributed by atoms with Crippen molar-refractivity contribution in [2.45, 2.75) is 52.4 Å². The third kappa shape index (κ3) is 3.27. The summed E-state index contributed by atoms with van der Waals surface area (Å²) in [6, 6.07) is 10.7. The summed E-state index contributed by atoms with van der Waals surface area (Å²) in [5, 5.41) is 10.8. The smallest absolute Gasteiger partial charge is 0.197 e. The van der Waals surface area contributed by atoms with Gasteiger partial charge >= 0.3 is 0 Å². The lowest BCUT2D eigenvalue weighted by Gasteiger charge is -2.19. The van der Waals surface area contributed by atoms with Crippen molar-refractivity contribution in [2.75, 3.05) is 0 Å². The number of rotatable bonds is 1. The summed E-state index contributed by atoms with van der Waals surface area (Å²) >= 11 is 0. The van der Waals surface area contributed by atoms with Crippen LogP contribution < -0.4 is 0 Å². The number of allylic oxidation sites excluding steroid dienone is 3. The number of fused-ring (bicyclic) bond motifs is 2. The van der Waals surface area contributed by atoms with Crippen molar-refractivity contribution in [3.8, 4) is 0 Å². The van der Waals surface area contributed by atoms with Crippen LogP contribution in [0.1, 0.15) is 89.3 Å². The normalized spacial score (nSPS) is 17.6. The minimum atomic E-state index is -0.417. The number of carbonyl (C=O) groups excluding carboxylic acids is 3. The number of ketones is 3. The van der Waals surface area contributed by atoms with Gasteiger partial charge in [0.1, 0.15) is 5.76 Å². The molecule has 0 aromatic heterocycles. The quantitative estimate of drug-likeness (QED) is 0.476. The lowest BCUT2D eigenvalue weighted by molar-refractivity contribution is 0.0988. The average molecular weight is 415 g/mol. The fraction of sp³-hybridized carbons (Fsp3) is 0.296. The van der Waals surface area contributed by atoms with Crippen LogP contribution >= 0.6 is 0 Å². The second-order valence-corrected chi connectivity index (χ2v) is 10.3. The lowest BCUT2D eigenvalue weighted by atomic mass is 9.85. The molecule has 0 unspecified atom stereocenters. The number of carbonyl (C=O) groups is 3. The van der Waals surface area contributed by atoms with Crippen molar-refractivity contribution in [1.82, 2.24) is 0 Å². The molecular formula is C27H26O4. The fourth-order valence-electron chi connectivity index (χ4n) is 4.00. The van der Waals surface area contributed by atoms with Crippen LogP contribution in [0.2, 0.25) is 0 Å². The number of benzene rings is 2. The predicted octanol–water partition coefficient (Wildman–Crippen LogP) is 5.75. The molecule has 2 aliphatic carbocycles. The van der Waals surface area contributed by atoms with Crippen molar-refractivity contribution in [2.24, 2.45) is 0 Å². The SMILES string of the molecule is CC(C)(C)c1ccc2c(c1)C(=O)/C(=C/C1=C(O)c3cc(C(C)(C)C)ccc3C1=O)C2=O. The van der Waals surface area contributed by atoms with Crippen LogP contribution in [-0.2, 0) is 10.8 Å². The molecule has 0 aliphatic heterocycles. The molecule has 0 saturated carbocycles. The summed E-state index contributed by atoms with van der Waals surface area (Å²) < 4.78 is 0. The van der Waals surface area contributed by atoms with E-state index >= 15 is 0 Å². The van der Waals surface area contributed by atoms with Gasteiger partial charge in [0.15, 0.2) is 17.3 Å². The highest BCUT2D eigenvalue weighted by Gasteiger charge is 2.37. The summed E-state index contributed by atoms with van der Waals surface area (Å²) in [5.41, 5.74) is 3.02. The van der Waals surface area contributed by atoms with Crippen LogP contribution in [0.3, 0.4) is 0 Å². The largest absolute Gasteiger partial charge is 0.507 e. The second kappa shape index (κ2) is 6.61. The van der Waals surface area contributed by atoms with Crippen molar-refractivity contribution >= 4 is 23.1 Å². The first-order valence-corrected chi connectivity index (χ1v) is 10.4. The van der Waals surface area contributed by atoms with E-state index in [9.17, 15) is 19.5 Å². The maximum atomic E-state index is 13.0. The molecule has 4 nitrogen and oxygen atoms in total. The Morgan fingerprint density at radius 2 is 1.10 bits per heavy atom.